The molecule has 0 aliphatic carbocycles. The maximum absolute atomic E-state index is 5.58. The molecule has 1 rings (SSSR count). The number of ether oxygens (including phenoxy) is 1. The number of alkyl halides is 1. The van der Waals surface area contributed by atoms with Gasteiger partial charge >= 0.3 is 0 Å². The molecule has 1 fully saturated rings. The van der Waals surface area contributed by atoms with E-state index in [4.69, 9.17) is 16.3 Å². The molecule has 0 radical (unpaired) electrons. The van der Waals surface area contributed by atoms with E-state index < -0.39 is 0 Å². The average molecular weight is 177 g/mol. The van der Waals surface area contributed by atoms with E-state index in [0.29, 0.717) is 6.10 Å². The van der Waals surface area contributed by atoms with E-state index in [-0.39, 0.29) is 0 Å². The van der Waals surface area contributed by atoms with Gasteiger partial charge in [-0.3, -0.25) is 0 Å². The summed E-state index contributed by atoms with van der Waals surface area (Å²) >= 11 is 5.58. The van der Waals surface area contributed by atoms with E-state index in [1.807, 2.05) is 0 Å². The van der Waals surface area contributed by atoms with Gasteiger partial charge in [-0.2, -0.15) is 0 Å². The van der Waals surface area contributed by atoms with Crippen LogP contribution in [0.4, 0.5) is 0 Å². The molecular formula is C9H17ClO. The second kappa shape index (κ2) is 5.84. The number of halogens is 1. The fourth-order valence-corrected chi connectivity index (χ4v) is 1.69. The zero-order valence-electron chi connectivity index (χ0n) is 7.02. The zero-order chi connectivity index (χ0) is 7.94. The Kier molecular flexibility index (Phi) is 4.96. The fourth-order valence-electron chi connectivity index (χ4n) is 1.50. The molecule has 1 nitrogen and oxygen atoms in total. The van der Waals surface area contributed by atoms with Crippen LogP contribution in [0.3, 0.4) is 0 Å². The van der Waals surface area contributed by atoms with Crippen LogP contribution < -0.4 is 0 Å². The van der Waals surface area contributed by atoms with Gasteiger partial charge in [-0.15, -0.1) is 11.6 Å². The summed E-state index contributed by atoms with van der Waals surface area (Å²) in [5, 5.41) is 0. The lowest BCUT2D eigenvalue weighted by atomic mass is 10.0. The van der Waals surface area contributed by atoms with Crippen LogP contribution in [0, 0.1) is 0 Å². The van der Waals surface area contributed by atoms with Crippen molar-refractivity contribution in [2.45, 2.75) is 44.6 Å². The molecule has 0 spiro atoms. The molecular weight excluding hydrogens is 160 g/mol. The lowest BCUT2D eigenvalue weighted by molar-refractivity contribution is 0.0101. The van der Waals surface area contributed by atoms with Gasteiger partial charge in [-0.05, 0) is 38.5 Å². The first-order valence-electron chi connectivity index (χ1n) is 4.61. The Balaban J connectivity index is 1.96. The SMILES string of the molecule is ClCCCCC1CCCCO1. The normalized spacial score (nSPS) is 25.4. The minimum Gasteiger partial charge on any atom is -0.378 e. The van der Waals surface area contributed by atoms with Crippen LogP contribution in [0.2, 0.25) is 0 Å². The highest BCUT2D eigenvalue weighted by Gasteiger charge is 2.12. The number of hydrogen-bond acceptors (Lipinski definition) is 1. The van der Waals surface area contributed by atoms with Gasteiger partial charge in [0.15, 0.2) is 0 Å². The van der Waals surface area contributed by atoms with Gasteiger partial charge in [0.25, 0.3) is 0 Å². The average Bonchev–Trinajstić information content (AvgIpc) is 2.07. The molecule has 1 heterocycles. The van der Waals surface area contributed by atoms with Crippen molar-refractivity contribution in [3.8, 4) is 0 Å². The monoisotopic (exact) mass is 176 g/mol. The quantitative estimate of drug-likeness (QED) is 0.473. The minimum atomic E-state index is 0.548. The Hall–Kier alpha value is 0.250. The molecule has 11 heavy (non-hydrogen) atoms. The molecule has 0 amide bonds. The molecule has 66 valence electrons. The smallest absolute Gasteiger partial charge is 0.0575 e. The Labute approximate surface area is 74.1 Å². The molecule has 1 saturated heterocycles. The van der Waals surface area contributed by atoms with Gasteiger partial charge in [0.2, 0.25) is 0 Å². The number of rotatable bonds is 4. The van der Waals surface area contributed by atoms with Crippen molar-refractivity contribution < 1.29 is 4.74 Å². The van der Waals surface area contributed by atoms with Gasteiger partial charge in [-0.1, -0.05) is 0 Å². The summed E-state index contributed by atoms with van der Waals surface area (Å²) in [4.78, 5) is 0. The van der Waals surface area contributed by atoms with Crippen LogP contribution in [0.25, 0.3) is 0 Å². The lowest BCUT2D eigenvalue weighted by Crippen LogP contribution is -2.18. The molecule has 0 bridgehead atoms. The summed E-state index contributed by atoms with van der Waals surface area (Å²) in [5.74, 6) is 0.798. The van der Waals surface area contributed by atoms with Crippen molar-refractivity contribution in [3.63, 3.8) is 0 Å². The van der Waals surface area contributed by atoms with Crippen molar-refractivity contribution in [1.29, 1.82) is 0 Å². The number of unbranched alkanes of at least 4 members (excludes halogenated alkanes) is 1. The van der Waals surface area contributed by atoms with E-state index in [1.54, 1.807) is 0 Å². The fraction of sp³-hybridized carbons (Fsp3) is 1.00. The first-order chi connectivity index (χ1) is 5.43. The molecule has 0 aromatic heterocycles. The predicted octanol–water partition coefficient (Wildman–Crippen LogP) is 2.96. The van der Waals surface area contributed by atoms with Crippen molar-refractivity contribution in [2.75, 3.05) is 12.5 Å². The standard InChI is InChI=1S/C9H17ClO/c10-7-3-1-5-9-6-2-4-8-11-9/h9H,1-8H2. The van der Waals surface area contributed by atoms with Crippen molar-refractivity contribution in [3.05, 3.63) is 0 Å². The summed E-state index contributed by atoms with van der Waals surface area (Å²) in [6.45, 7) is 0.978. The molecule has 1 aliphatic heterocycles. The van der Waals surface area contributed by atoms with E-state index in [0.717, 1.165) is 18.9 Å². The Morgan fingerprint density at radius 2 is 2.18 bits per heavy atom. The first kappa shape index (κ1) is 9.34. The molecule has 1 aliphatic rings. The second-order valence-corrected chi connectivity index (χ2v) is 3.55. The summed E-state index contributed by atoms with van der Waals surface area (Å²) < 4.78 is 5.58. The van der Waals surface area contributed by atoms with Crippen LogP contribution in [-0.2, 0) is 4.74 Å². The summed E-state index contributed by atoms with van der Waals surface area (Å²) in [5.41, 5.74) is 0. The van der Waals surface area contributed by atoms with Crippen LogP contribution in [0.5, 0.6) is 0 Å². The first-order valence-corrected chi connectivity index (χ1v) is 5.14. The lowest BCUT2D eigenvalue weighted by Gasteiger charge is -2.22. The predicted molar refractivity (Wildman–Crippen MR) is 48.2 cm³/mol. The Morgan fingerprint density at radius 1 is 1.27 bits per heavy atom. The number of hydrogen-bond donors (Lipinski definition) is 0. The third-order valence-electron chi connectivity index (χ3n) is 2.18. The Bertz CT molecular complexity index is 89.6. The highest BCUT2D eigenvalue weighted by atomic mass is 35.5. The van der Waals surface area contributed by atoms with Crippen LogP contribution in [0.1, 0.15) is 38.5 Å². The van der Waals surface area contributed by atoms with Gasteiger partial charge < -0.3 is 4.74 Å². The van der Waals surface area contributed by atoms with Crippen LogP contribution in [-0.4, -0.2) is 18.6 Å². The van der Waals surface area contributed by atoms with E-state index >= 15 is 0 Å². The van der Waals surface area contributed by atoms with Crippen molar-refractivity contribution in [2.24, 2.45) is 0 Å². The van der Waals surface area contributed by atoms with Gasteiger partial charge in [0.05, 0.1) is 6.10 Å². The molecule has 1 unspecified atom stereocenters. The molecule has 0 aromatic rings. The van der Waals surface area contributed by atoms with E-state index in [1.165, 1.54) is 32.1 Å². The van der Waals surface area contributed by atoms with E-state index in [9.17, 15) is 0 Å². The summed E-state index contributed by atoms with van der Waals surface area (Å²) in [6.07, 6.45) is 8.01. The third-order valence-corrected chi connectivity index (χ3v) is 2.45. The molecule has 2 heteroatoms. The summed E-state index contributed by atoms with van der Waals surface area (Å²) in [7, 11) is 0. The van der Waals surface area contributed by atoms with Gasteiger partial charge in [-0.25, -0.2) is 0 Å². The molecule has 0 saturated carbocycles. The maximum Gasteiger partial charge on any atom is 0.0575 e. The zero-order valence-corrected chi connectivity index (χ0v) is 7.78. The molecule has 1 atom stereocenters. The van der Waals surface area contributed by atoms with Gasteiger partial charge in [0, 0.05) is 12.5 Å². The highest BCUT2D eigenvalue weighted by Crippen LogP contribution is 2.17. The second-order valence-electron chi connectivity index (χ2n) is 3.17. The van der Waals surface area contributed by atoms with Crippen LogP contribution >= 0.6 is 11.6 Å². The van der Waals surface area contributed by atoms with E-state index in [2.05, 4.69) is 0 Å². The molecule has 0 aromatic carbocycles. The largest absolute Gasteiger partial charge is 0.378 e. The molecule has 0 N–H and O–H groups in total. The minimum absolute atomic E-state index is 0.548. The van der Waals surface area contributed by atoms with Crippen molar-refractivity contribution >= 4 is 11.6 Å². The maximum atomic E-state index is 5.58. The van der Waals surface area contributed by atoms with Crippen molar-refractivity contribution in [1.82, 2.24) is 0 Å². The highest BCUT2D eigenvalue weighted by molar-refractivity contribution is 6.17. The van der Waals surface area contributed by atoms with Gasteiger partial charge in [0.1, 0.15) is 0 Å². The summed E-state index contributed by atoms with van der Waals surface area (Å²) in [6, 6.07) is 0. The topological polar surface area (TPSA) is 9.23 Å². The van der Waals surface area contributed by atoms with Crippen LogP contribution in [0.15, 0.2) is 0 Å². The Morgan fingerprint density at radius 3 is 2.82 bits per heavy atom. The third kappa shape index (κ3) is 3.97.